The maximum absolute atomic E-state index is 12.4. The van der Waals surface area contributed by atoms with Gasteiger partial charge in [0.25, 0.3) is 0 Å². The maximum Gasteiger partial charge on any atom is 0.337 e. The van der Waals surface area contributed by atoms with Crippen LogP contribution in [0.2, 0.25) is 0 Å². The number of esters is 1. The molecule has 148 valence electrons. The molecule has 0 saturated heterocycles. The summed E-state index contributed by atoms with van der Waals surface area (Å²) in [6.45, 7) is 5.16. The Balaban J connectivity index is 2.16. The zero-order chi connectivity index (χ0) is 20.0. The average molecular weight is 374 g/mol. The quantitative estimate of drug-likeness (QED) is 0.682. The second-order valence-electron chi connectivity index (χ2n) is 6.91. The molecule has 1 aromatic carbocycles. The van der Waals surface area contributed by atoms with Crippen LogP contribution in [-0.4, -0.2) is 57.2 Å². The highest BCUT2D eigenvalue weighted by atomic mass is 16.5. The summed E-state index contributed by atoms with van der Waals surface area (Å²) in [4.78, 5) is 28.5. The summed E-state index contributed by atoms with van der Waals surface area (Å²) in [6.07, 6.45) is 0.626. The van der Waals surface area contributed by atoms with Crippen LogP contribution >= 0.6 is 0 Å². The van der Waals surface area contributed by atoms with Crippen molar-refractivity contribution in [1.29, 1.82) is 0 Å². The van der Waals surface area contributed by atoms with Gasteiger partial charge in [-0.25, -0.2) is 9.59 Å². The molecule has 0 saturated carbocycles. The number of amides is 2. The number of hydrogen-bond donors (Lipinski definition) is 2. The van der Waals surface area contributed by atoms with Crippen molar-refractivity contribution in [2.24, 2.45) is 0 Å². The van der Waals surface area contributed by atoms with Crippen molar-refractivity contribution in [2.75, 3.05) is 39.2 Å². The van der Waals surface area contributed by atoms with Gasteiger partial charge in [0.15, 0.2) is 0 Å². The molecule has 0 aromatic heterocycles. The first-order chi connectivity index (χ1) is 12.8. The number of urea groups is 1. The average Bonchev–Trinajstić information content (AvgIpc) is 2.61. The Kier molecular flexibility index (Phi) is 7.24. The fourth-order valence-electron chi connectivity index (χ4n) is 3.12. The van der Waals surface area contributed by atoms with E-state index in [4.69, 9.17) is 4.74 Å². The SMILES string of the molecule is CCOC(=O)C1=C(CN(C)Cc2ccc(N(C)C)cc2)NC(=O)N[C@H]1CC. The minimum atomic E-state index is -0.379. The predicted octanol–water partition coefficient (Wildman–Crippen LogP) is 2.09. The fraction of sp³-hybridized carbons (Fsp3) is 0.500. The molecule has 27 heavy (non-hydrogen) atoms. The summed E-state index contributed by atoms with van der Waals surface area (Å²) >= 11 is 0. The molecule has 7 nitrogen and oxygen atoms in total. The second-order valence-corrected chi connectivity index (χ2v) is 6.91. The number of likely N-dealkylation sites (N-methyl/N-ethyl adjacent to an activating group) is 1. The van der Waals surface area contributed by atoms with E-state index < -0.39 is 0 Å². The minimum Gasteiger partial charge on any atom is -0.463 e. The number of carbonyl (C=O) groups excluding carboxylic acids is 2. The van der Waals surface area contributed by atoms with Crippen LogP contribution in [0.4, 0.5) is 10.5 Å². The molecule has 1 atom stereocenters. The zero-order valence-corrected chi connectivity index (χ0v) is 16.8. The summed E-state index contributed by atoms with van der Waals surface area (Å²) in [5, 5.41) is 5.58. The van der Waals surface area contributed by atoms with Crippen molar-refractivity contribution >= 4 is 17.7 Å². The minimum absolute atomic E-state index is 0.284. The molecule has 0 radical (unpaired) electrons. The molecule has 0 unspecified atom stereocenters. The van der Waals surface area contributed by atoms with Gasteiger partial charge in [-0.05, 0) is 38.1 Å². The lowest BCUT2D eigenvalue weighted by Gasteiger charge is -2.30. The molecule has 0 fully saturated rings. The number of nitrogens with one attached hydrogen (secondary N) is 2. The fourth-order valence-corrected chi connectivity index (χ4v) is 3.12. The monoisotopic (exact) mass is 374 g/mol. The third-order valence-electron chi connectivity index (χ3n) is 4.48. The Morgan fingerprint density at radius 2 is 1.78 bits per heavy atom. The molecule has 1 aromatic rings. The highest BCUT2D eigenvalue weighted by Gasteiger charge is 2.31. The lowest BCUT2D eigenvalue weighted by Crippen LogP contribution is -2.51. The maximum atomic E-state index is 12.4. The summed E-state index contributed by atoms with van der Waals surface area (Å²) in [6, 6.07) is 7.71. The molecule has 7 heteroatoms. The molecule has 2 N–H and O–H groups in total. The van der Waals surface area contributed by atoms with E-state index in [9.17, 15) is 9.59 Å². The summed E-state index contributed by atoms with van der Waals surface area (Å²) in [5.74, 6) is -0.379. The van der Waals surface area contributed by atoms with E-state index in [2.05, 4.69) is 44.7 Å². The van der Waals surface area contributed by atoms with Gasteiger partial charge in [-0.3, -0.25) is 4.90 Å². The molecule has 0 bridgehead atoms. The van der Waals surface area contributed by atoms with E-state index in [0.29, 0.717) is 37.4 Å². The van der Waals surface area contributed by atoms with Crippen LogP contribution in [0.15, 0.2) is 35.5 Å². The predicted molar refractivity (Wildman–Crippen MR) is 107 cm³/mol. The van der Waals surface area contributed by atoms with Gasteiger partial charge in [-0.1, -0.05) is 19.1 Å². The third kappa shape index (κ3) is 5.47. The number of anilines is 1. The van der Waals surface area contributed by atoms with E-state index in [1.165, 1.54) is 0 Å². The smallest absolute Gasteiger partial charge is 0.337 e. The van der Waals surface area contributed by atoms with Crippen molar-refractivity contribution in [2.45, 2.75) is 32.9 Å². The van der Waals surface area contributed by atoms with Crippen LogP contribution in [0.5, 0.6) is 0 Å². The van der Waals surface area contributed by atoms with Crippen molar-refractivity contribution in [3.8, 4) is 0 Å². The van der Waals surface area contributed by atoms with E-state index >= 15 is 0 Å². The van der Waals surface area contributed by atoms with Crippen LogP contribution in [0.3, 0.4) is 0 Å². The Morgan fingerprint density at radius 3 is 2.33 bits per heavy atom. The van der Waals surface area contributed by atoms with E-state index in [-0.39, 0.29) is 18.0 Å². The van der Waals surface area contributed by atoms with Gasteiger partial charge >= 0.3 is 12.0 Å². The lowest BCUT2D eigenvalue weighted by molar-refractivity contribution is -0.139. The second kappa shape index (κ2) is 9.41. The first kappa shape index (κ1) is 20.8. The van der Waals surface area contributed by atoms with Crippen molar-refractivity contribution in [3.63, 3.8) is 0 Å². The summed E-state index contributed by atoms with van der Waals surface area (Å²) in [5.41, 5.74) is 3.42. The van der Waals surface area contributed by atoms with Crippen molar-refractivity contribution in [3.05, 3.63) is 41.1 Å². The molecule has 0 aliphatic carbocycles. The van der Waals surface area contributed by atoms with Crippen LogP contribution in [0.25, 0.3) is 0 Å². The van der Waals surface area contributed by atoms with Crippen LogP contribution < -0.4 is 15.5 Å². The van der Waals surface area contributed by atoms with Gasteiger partial charge in [0.05, 0.1) is 18.2 Å². The number of hydrogen-bond acceptors (Lipinski definition) is 5. The molecular formula is C20H30N4O3. The number of nitrogens with zero attached hydrogens (tertiary/aromatic N) is 2. The standard InChI is InChI=1S/C20H30N4O3/c1-6-16-18(19(25)27-7-2)17(22-20(26)21-16)13-24(5)12-14-8-10-15(11-9-14)23(3)4/h8-11,16H,6-7,12-13H2,1-5H3,(H2,21,22,26)/t16-/m0/s1. The topological polar surface area (TPSA) is 73.9 Å². The normalized spacial score (nSPS) is 16.8. The number of carbonyl (C=O) groups is 2. The Labute approximate surface area is 161 Å². The number of ether oxygens (including phenoxy) is 1. The lowest BCUT2D eigenvalue weighted by atomic mass is 10.00. The summed E-state index contributed by atoms with van der Waals surface area (Å²) in [7, 11) is 5.98. The Hall–Kier alpha value is -2.54. The molecule has 2 rings (SSSR count). The van der Waals surface area contributed by atoms with Gasteiger partial charge in [0.2, 0.25) is 0 Å². The molecular weight excluding hydrogens is 344 g/mol. The largest absolute Gasteiger partial charge is 0.463 e. The highest BCUT2D eigenvalue weighted by Crippen LogP contribution is 2.19. The van der Waals surface area contributed by atoms with Crippen molar-refractivity contribution < 1.29 is 14.3 Å². The number of benzene rings is 1. The summed E-state index contributed by atoms with van der Waals surface area (Å²) < 4.78 is 5.20. The Morgan fingerprint density at radius 1 is 1.11 bits per heavy atom. The van der Waals surface area contributed by atoms with Gasteiger partial charge in [-0.2, -0.15) is 0 Å². The van der Waals surface area contributed by atoms with Gasteiger partial charge in [0.1, 0.15) is 0 Å². The molecule has 1 aliphatic rings. The van der Waals surface area contributed by atoms with E-state index in [1.807, 2.05) is 28.1 Å². The van der Waals surface area contributed by atoms with Crippen LogP contribution in [-0.2, 0) is 16.1 Å². The van der Waals surface area contributed by atoms with Gasteiger partial charge in [0, 0.05) is 38.6 Å². The van der Waals surface area contributed by atoms with E-state index in [0.717, 1.165) is 11.3 Å². The number of rotatable bonds is 8. The van der Waals surface area contributed by atoms with Crippen LogP contribution in [0, 0.1) is 0 Å². The molecule has 0 spiro atoms. The van der Waals surface area contributed by atoms with Crippen molar-refractivity contribution in [1.82, 2.24) is 15.5 Å². The molecule has 1 aliphatic heterocycles. The zero-order valence-electron chi connectivity index (χ0n) is 16.8. The highest BCUT2D eigenvalue weighted by molar-refractivity contribution is 5.94. The first-order valence-electron chi connectivity index (χ1n) is 9.28. The first-order valence-corrected chi connectivity index (χ1v) is 9.28. The Bertz CT molecular complexity index is 698. The third-order valence-corrected chi connectivity index (χ3v) is 4.48. The molecule has 1 heterocycles. The van der Waals surface area contributed by atoms with E-state index in [1.54, 1.807) is 6.92 Å². The molecule has 2 amide bonds. The van der Waals surface area contributed by atoms with Gasteiger partial charge in [-0.15, -0.1) is 0 Å². The van der Waals surface area contributed by atoms with Crippen LogP contribution in [0.1, 0.15) is 25.8 Å². The van der Waals surface area contributed by atoms with Gasteiger partial charge < -0.3 is 20.3 Å².